The first-order valence-corrected chi connectivity index (χ1v) is 10.4. The van der Waals surface area contributed by atoms with E-state index >= 15 is 0 Å². The van der Waals surface area contributed by atoms with Crippen molar-refractivity contribution in [1.29, 1.82) is 5.26 Å². The topological polar surface area (TPSA) is 136 Å². The molecule has 6 aromatic rings. The quantitative estimate of drug-likeness (QED) is 0.438. The SMILES string of the molecule is N#Cc1cccc(-c2nc(N)c3nc(Cn4cc5ccccc5n4)nn3c2-c2ccncn2)c1. The van der Waals surface area contributed by atoms with Gasteiger partial charge in [0.05, 0.1) is 22.8 Å². The molecule has 4 aromatic heterocycles. The van der Waals surface area contributed by atoms with Crippen molar-refractivity contribution in [2.24, 2.45) is 0 Å². The largest absolute Gasteiger partial charge is 0.381 e. The molecule has 0 amide bonds. The molecule has 4 heterocycles. The molecule has 10 heteroatoms. The van der Waals surface area contributed by atoms with Crippen LogP contribution in [0.3, 0.4) is 0 Å². The van der Waals surface area contributed by atoms with Gasteiger partial charge in [-0.3, -0.25) is 4.68 Å². The summed E-state index contributed by atoms with van der Waals surface area (Å²) in [6.45, 7) is 0.359. The summed E-state index contributed by atoms with van der Waals surface area (Å²) in [5.74, 6) is 0.749. The van der Waals surface area contributed by atoms with Gasteiger partial charge in [0.2, 0.25) is 0 Å². The van der Waals surface area contributed by atoms with Crippen LogP contribution in [0.1, 0.15) is 11.4 Å². The van der Waals surface area contributed by atoms with Gasteiger partial charge in [0.25, 0.3) is 0 Å². The molecule has 0 radical (unpaired) electrons. The molecule has 0 aliphatic heterocycles. The second-order valence-corrected chi connectivity index (χ2v) is 7.63. The van der Waals surface area contributed by atoms with Crippen LogP contribution in [0.2, 0.25) is 0 Å². The van der Waals surface area contributed by atoms with Crippen molar-refractivity contribution in [1.82, 2.24) is 39.3 Å². The second-order valence-electron chi connectivity index (χ2n) is 7.63. The molecule has 0 saturated carbocycles. The smallest absolute Gasteiger partial charge is 0.199 e. The number of nitriles is 1. The first-order chi connectivity index (χ1) is 16.7. The zero-order chi connectivity index (χ0) is 23.1. The Balaban J connectivity index is 1.55. The first kappa shape index (κ1) is 19.5. The third-order valence-electron chi connectivity index (χ3n) is 5.40. The molecule has 0 atom stereocenters. The van der Waals surface area contributed by atoms with Crippen molar-refractivity contribution < 1.29 is 0 Å². The monoisotopic (exact) mass is 444 g/mol. The Hall–Kier alpha value is -5.17. The molecule has 6 rings (SSSR count). The van der Waals surface area contributed by atoms with Crippen LogP contribution in [0.5, 0.6) is 0 Å². The third kappa shape index (κ3) is 3.28. The van der Waals surface area contributed by atoms with Crippen LogP contribution in [0.25, 0.3) is 39.2 Å². The number of rotatable bonds is 4. The number of benzene rings is 2. The maximum absolute atomic E-state index is 9.37. The minimum Gasteiger partial charge on any atom is -0.381 e. The minimum atomic E-state index is 0.222. The number of hydrogen-bond donors (Lipinski definition) is 1. The van der Waals surface area contributed by atoms with Gasteiger partial charge in [0, 0.05) is 23.3 Å². The molecule has 34 heavy (non-hydrogen) atoms. The molecular weight excluding hydrogens is 428 g/mol. The highest BCUT2D eigenvalue weighted by Crippen LogP contribution is 2.32. The number of nitrogen functional groups attached to an aromatic ring is 1. The van der Waals surface area contributed by atoms with Gasteiger partial charge in [-0.15, -0.1) is 5.10 Å². The van der Waals surface area contributed by atoms with Gasteiger partial charge < -0.3 is 5.73 Å². The Morgan fingerprint density at radius 3 is 2.74 bits per heavy atom. The zero-order valence-electron chi connectivity index (χ0n) is 17.7. The summed E-state index contributed by atoms with van der Waals surface area (Å²) in [4.78, 5) is 17.7. The van der Waals surface area contributed by atoms with E-state index in [9.17, 15) is 5.26 Å². The number of nitrogens with two attached hydrogens (primary N) is 1. The molecule has 0 unspecified atom stereocenters. The molecule has 0 saturated heterocycles. The van der Waals surface area contributed by atoms with E-state index < -0.39 is 0 Å². The molecule has 2 aromatic carbocycles. The van der Waals surface area contributed by atoms with Gasteiger partial charge in [0.15, 0.2) is 17.3 Å². The zero-order valence-corrected chi connectivity index (χ0v) is 17.7. The molecule has 0 fully saturated rings. The summed E-state index contributed by atoms with van der Waals surface area (Å²) in [7, 11) is 0. The summed E-state index contributed by atoms with van der Waals surface area (Å²) in [5, 5.41) is 19.7. The number of hydrogen-bond acceptors (Lipinski definition) is 8. The molecular formula is C24H16N10. The lowest BCUT2D eigenvalue weighted by atomic mass is 10.0. The highest BCUT2D eigenvalue weighted by Gasteiger charge is 2.21. The Morgan fingerprint density at radius 1 is 1.00 bits per heavy atom. The van der Waals surface area contributed by atoms with Crippen molar-refractivity contribution in [3.05, 3.63) is 84.7 Å². The molecule has 0 spiro atoms. The lowest BCUT2D eigenvalue weighted by Gasteiger charge is -2.11. The van der Waals surface area contributed by atoms with Gasteiger partial charge in [0.1, 0.15) is 24.3 Å². The van der Waals surface area contributed by atoms with Crippen molar-refractivity contribution in [2.75, 3.05) is 5.73 Å². The fraction of sp³-hybridized carbons (Fsp3) is 0.0417. The van der Waals surface area contributed by atoms with E-state index in [2.05, 4.69) is 31.1 Å². The Kier molecular flexibility index (Phi) is 4.45. The summed E-state index contributed by atoms with van der Waals surface area (Å²) in [6, 6.07) is 19.0. The third-order valence-corrected chi connectivity index (χ3v) is 5.40. The summed E-state index contributed by atoms with van der Waals surface area (Å²) in [6.07, 6.45) is 5.06. The van der Waals surface area contributed by atoms with Crippen LogP contribution in [-0.2, 0) is 6.54 Å². The molecule has 0 aliphatic rings. The lowest BCUT2D eigenvalue weighted by molar-refractivity contribution is 0.661. The van der Waals surface area contributed by atoms with Crippen LogP contribution in [0, 0.1) is 11.3 Å². The van der Waals surface area contributed by atoms with E-state index in [1.54, 1.807) is 39.7 Å². The van der Waals surface area contributed by atoms with E-state index in [4.69, 9.17) is 10.8 Å². The standard InChI is InChI=1S/C24H16N10/c25-11-15-4-3-6-16(10-15)21-22(19-8-9-27-14-28-19)34-24(23(26)30-21)29-20(32-34)13-33-12-17-5-1-2-7-18(17)31-33/h1-10,12,14H,13H2,(H2,26,30). The molecule has 0 aliphatic carbocycles. The van der Waals surface area contributed by atoms with Gasteiger partial charge in [-0.25, -0.2) is 24.5 Å². The minimum absolute atomic E-state index is 0.222. The van der Waals surface area contributed by atoms with Crippen molar-refractivity contribution >= 4 is 22.4 Å². The summed E-state index contributed by atoms with van der Waals surface area (Å²) >= 11 is 0. The molecule has 0 bridgehead atoms. The van der Waals surface area contributed by atoms with E-state index in [1.807, 2.05) is 36.5 Å². The average Bonchev–Trinajstić information content (AvgIpc) is 3.48. The van der Waals surface area contributed by atoms with Crippen LogP contribution in [0.15, 0.2) is 73.3 Å². The number of anilines is 1. The predicted octanol–water partition coefficient (Wildman–Crippen LogP) is 3.10. The van der Waals surface area contributed by atoms with Crippen LogP contribution < -0.4 is 5.73 Å². The highest BCUT2D eigenvalue weighted by atomic mass is 15.4. The first-order valence-electron chi connectivity index (χ1n) is 10.4. The molecule has 2 N–H and O–H groups in total. The van der Waals surface area contributed by atoms with Gasteiger partial charge in [-0.2, -0.15) is 10.4 Å². The number of nitrogens with zero attached hydrogens (tertiary/aromatic N) is 9. The maximum Gasteiger partial charge on any atom is 0.199 e. The summed E-state index contributed by atoms with van der Waals surface area (Å²) in [5.41, 5.74) is 10.6. The second kappa shape index (κ2) is 7.75. The van der Waals surface area contributed by atoms with Crippen molar-refractivity contribution in [3.8, 4) is 28.7 Å². The van der Waals surface area contributed by atoms with Crippen LogP contribution in [-0.4, -0.2) is 39.3 Å². The van der Waals surface area contributed by atoms with Gasteiger partial charge in [-0.05, 0) is 24.3 Å². The average molecular weight is 444 g/mol. The van der Waals surface area contributed by atoms with E-state index in [1.165, 1.54) is 6.33 Å². The van der Waals surface area contributed by atoms with Gasteiger partial charge in [-0.1, -0.05) is 30.3 Å². The Morgan fingerprint density at radius 2 is 1.91 bits per heavy atom. The molecule has 162 valence electrons. The summed E-state index contributed by atoms with van der Waals surface area (Å²) < 4.78 is 3.45. The van der Waals surface area contributed by atoms with Gasteiger partial charge >= 0.3 is 0 Å². The van der Waals surface area contributed by atoms with E-state index in [0.29, 0.717) is 40.7 Å². The van der Waals surface area contributed by atoms with Crippen LogP contribution >= 0.6 is 0 Å². The maximum atomic E-state index is 9.37. The predicted molar refractivity (Wildman–Crippen MR) is 125 cm³/mol. The fourth-order valence-corrected chi connectivity index (χ4v) is 3.91. The van der Waals surface area contributed by atoms with Crippen molar-refractivity contribution in [3.63, 3.8) is 0 Å². The molecule has 10 nitrogen and oxygen atoms in total. The fourth-order valence-electron chi connectivity index (χ4n) is 3.91. The number of fused-ring (bicyclic) bond motifs is 2. The van der Waals surface area contributed by atoms with E-state index in [0.717, 1.165) is 16.5 Å². The Bertz CT molecular complexity index is 1680. The number of aromatic nitrogens is 8. The van der Waals surface area contributed by atoms with Crippen LogP contribution in [0.4, 0.5) is 5.82 Å². The van der Waals surface area contributed by atoms with Crippen molar-refractivity contribution in [2.45, 2.75) is 6.54 Å². The highest BCUT2D eigenvalue weighted by molar-refractivity contribution is 5.82. The Labute approximate surface area is 193 Å². The lowest BCUT2D eigenvalue weighted by Crippen LogP contribution is -2.06. The normalized spacial score (nSPS) is 11.1. The van der Waals surface area contributed by atoms with E-state index in [-0.39, 0.29) is 5.82 Å².